The minimum atomic E-state index is -0.673. The maximum Gasteiger partial charge on any atom is 0.326 e. The highest BCUT2D eigenvalue weighted by molar-refractivity contribution is 5.94. The van der Waals surface area contributed by atoms with Gasteiger partial charge in [-0.15, -0.1) is 0 Å². The summed E-state index contributed by atoms with van der Waals surface area (Å²) in [5.41, 5.74) is 9.23. The van der Waals surface area contributed by atoms with Crippen LogP contribution in [0, 0.1) is 17.8 Å². The topological polar surface area (TPSA) is 124 Å². The standard InChI is InChI=1S/C36H46N6O3/c1-5-24-6-10-26(11-7-24)27-14-16-28(17-15-27)30-18-40-34(41-19-30)29-12-8-25(9-13-29)22-42(23-33(43)45-36(2,3)4)35(44)31-20-39-32(37)21-38-31/h8-9,12-13,16,18-21,24,26-27H,5-7,10-11,14-15,17,22-23H2,1-4H3,(H2,37,39). The summed E-state index contributed by atoms with van der Waals surface area (Å²) in [5.74, 6) is 2.56. The van der Waals surface area contributed by atoms with Crippen molar-refractivity contribution >= 4 is 23.3 Å². The van der Waals surface area contributed by atoms with E-state index in [2.05, 4.69) is 32.9 Å². The molecule has 3 aromatic rings. The van der Waals surface area contributed by atoms with Crippen molar-refractivity contribution in [2.45, 2.75) is 91.2 Å². The number of ether oxygens (including phenoxy) is 1. The Morgan fingerprint density at radius 1 is 0.889 bits per heavy atom. The fourth-order valence-corrected chi connectivity index (χ4v) is 6.57. The third kappa shape index (κ3) is 8.74. The van der Waals surface area contributed by atoms with Crippen LogP contribution in [0.15, 0.2) is 55.1 Å². The number of carbonyl (C=O) groups is 2. The van der Waals surface area contributed by atoms with E-state index in [1.165, 1.54) is 67.8 Å². The first-order valence-corrected chi connectivity index (χ1v) is 16.3. The predicted molar refractivity (Wildman–Crippen MR) is 176 cm³/mol. The zero-order valence-electron chi connectivity index (χ0n) is 27.0. The second-order valence-corrected chi connectivity index (χ2v) is 13.5. The molecular formula is C36H46N6O3. The van der Waals surface area contributed by atoms with Gasteiger partial charge in [0.1, 0.15) is 23.7 Å². The zero-order valence-corrected chi connectivity index (χ0v) is 27.0. The van der Waals surface area contributed by atoms with E-state index in [-0.39, 0.29) is 24.6 Å². The van der Waals surface area contributed by atoms with Crippen LogP contribution in [0.3, 0.4) is 0 Å². The van der Waals surface area contributed by atoms with Gasteiger partial charge in [0, 0.05) is 30.1 Å². The third-order valence-electron chi connectivity index (χ3n) is 9.11. The monoisotopic (exact) mass is 610 g/mol. The molecule has 9 nitrogen and oxygen atoms in total. The number of hydrogen-bond donors (Lipinski definition) is 1. The highest BCUT2D eigenvalue weighted by Crippen LogP contribution is 2.41. The predicted octanol–water partition coefficient (Wildman–Crippen LogP) is 6.90. The molecular weight excluding hydrogens is 564 g/mol. The molecule has 9 heteroatoms. The number of carbonyl (C=O) groups excluding carboxylic acids is 2. The number of nitrogens with two attached hydrogens (primary N) is 1. The summed E-state index contributed by atoms with van der Waals surface area (Å²) >= 11 is 0. The lowest BCUT2D eigenvalue weighted by Gasteiger charge is -2.35. The van der Waals surface area contributed by atoms with Gasteiger partial charge in [-0.3, -0.25) is 9.59 Å². The number of amides is 1. The number of benzene rings is 1. The van der Waals surface area contributed by atoms with E-state index >= 15 is 0 Å². The third-order valence-corrected chi connectivity index (χ3v) is 9.11. The lowest BCUT2D eigenvalue weighted by Crippen LogP contribution is -2.38. The van der Waals surface area contributed by atoms with Crippen molar-refractivity contribution < 1.29 is 14.3 Å². The number of aromatic nitrogens is 4. The van der Waals surface area contributed by atoms with Gasteiger partial charge in [-0.1, -0.05) is 56.5 Å². The summed E-state index contributed by atoms with van der Waals surface area (Å²) in [6.45, 7) is 7.65. The van der Waals surface area contributed by atoms with Gasteiger partial charge in [-0.05, 0) is 81.8 Å². The van der Waals surface area contributed by atoms with Gasteiger partial charge in [0.15, 0.2) is 5.82 Å². The molecule has 1 fully saturated rings. The maximum absolute atomic E-state index is 13.3. The number of hydrogen-bond acceptors (Lipinski definition) is 8. The van der Waals surface area contributed by atoms with Crippen molar-refractivity contribution in [1.82, 2.24) is 24.8 Å². The molecule has 0 aliphatic heterocycles. The molecule has 1 atom stereocenters. The van der Waals surface area contributed by atoms with Crippen LogP contribution in [-0.2, 0) is 16.1 Å². The number of anilines is 1. The molecule has 1 amide bonds. The molecule has 238 valence electrons. The van der Waals surface area contributed by atoms with Crippen LogP contribution in [-0.4, -0.2) is 48.9 Å². The summed E-state index contributed by atoms with van der Waals surface area (Å²) in [4.78, 5) is 44.8. The highest BCUT2D eigenvalue weighted by atomic mass is 16.6. The van der Waals surface area contributed by atoms with Gasteiger partial charge < -0.3 is 15.4 Å². The van der Waals surface area contributed by atoms with E-state index in [9.17, 15) is 9.59 Å². The van der Waals surface area contributed by atoms with Gasteiger partial charge >= 0.3 is 5.97 Å². The van der Waals surface area contributed by atoms with Crippen LogP contribution in [0.2, 0.25) is 0 Å². The molecule has 0 radical (unpaired) electrons. The molecule has 1 aromatic carbocycles. The Morgan fingerprint density at radius 3 is 2.18 bits per heavy atom. The molecule has 45 heavy (non-hydrogen) atoms. The van der Waals surface area contributed by atoms with Crippen molar-refractivity contribution in [2.24, 2.45) is 17.8 Å². The van der Waals surface area contributed by atoms with Crippen LogP contribution in [0.4, 0.5) is 5.82 Å². The molecule has 5 rings (SSSR count). The molecule has 2 aromatic heterocycles. The maximum atomic E-state index is 13.3. The number of allylic oxidation sites excluding steroid dienone is 2. The van der Waals surface area contributed by atoms with Gasteiger partial charge in [-0.2, -0.15) is 0 Å². The highest BCUT2D eigenvalue weighted by Gasteiger charge is 2.28. The summed E-state index contributed by atoms with van der Waals surface area (Å²) < 4.78 is 5.47. The molecule has 2 aliphatic carbocycles. The van der Waals surface area contributed by atoms with Crippen LogP contribution in [0.25, 0.3) is 17.0 Å². The minimum Gasteiger partial charge on any atom is -0.459 e. The second kappa shape index (κ2) is 14.3. The first kappa shape index (κ1) is 32.3. The molecule has 0 spiro atoms. The second-order valence-electron chi connectivity index (χ2n) is 13.5. The molecule has 0 saturated heterocycles. The molecule has 2 heterocycles. The molecule has 2 N–H and O–H groups in total. The van der Waals surface area contributed by atoms with Crippen LogP contribution in [0.1, 0.15) is 101 Å². The first-order valence-electron chi connectivity index (χ1n) is 16.3. The first-order chi connectivity index (χ1) is 21.6. The Bertz CT molecular complexity index is 1470. The van der Waals surface area contributed by atoms with Gasteiger partial charge in [0.2, 0.25) is 0 Å². The number of rotatable bonds is 9. The fraction of sp³-hybridized carbons (Fsp3) is 0.500. The van der Waals surface area contributed by atoms with E-state index in [1.807, 2.05) is 36.7 Å². The van der Waals surface area contributed by atoms with E-state index in [0.717, 1.165) is 40.9 Å². The Kier molecular flexibility index (Phi) is 10.3. The Balaban J connectivity index is 1.22. The lowest BCUT2D eigenvalue weighted by molar-refractivity contribution is -0.155. The average Bonchev–Trinajstić information content (AvgIpc) is 3.04. The number of esters is 1. The fourth-order valence-electron chi connectivity index (χ4n) is 6.57. The smallest absolute Gasteiger partial charge is 0.326 e. The van der Waals surface area contributed by atoms with Crippen LogP contribution in [0.5, 0.6) is 0 Å². The van der Waals surface area contributed by atoms with Crippen molar-refractivity contribution in [3.05, 3.63) is 71.9 Å². The Labute approximate surface area is 266 Å². The largest absolute Gasteiger partial charge is 0.459 e. The number of nitrogen functional groups attached to an aromatic ring is 1. The summed E-state index contributed by atoms with van der Waals surface area (Å²) in [5, 5.41) is 0. The van der Waals surface area contributed by atoms with E-state index in [4.69, 9.17) is 10.5 Å². The van der Waals surface area contributed by atoms with E-state index < -0.39 is 17.5 Å². The molecule has 1 saturated carbocycles. The number of nitrogens with zero attached hydrogens (tertiary/aromatic N) is 5. The van der Waals surface area contributed by atoms with E-state index in [0.29, 0.717) is 5.82 Å². The Hall–Kier alpha value is -4.14. The molecule has 0 bridgehead atoms. The van der Waals surface area contributed by atoms with Gasteiger partial charge in [0.05, 0.1) is 12.4 Å². The normalized spacial score (nSPS) is 20.3. The van der Waals surface area contributed by atoms with Crippen molar-refractivity contribution in [1.29, 1.82) is 0 Å². The van der Waals surface area contributed by atoms with Crippen molar-refractivity contribution in [2.75, 3.05) is 12.3 Å². The quantitative estimate of drug-likeness (QED) is 0.260. The zero-order chi connectivity index (χ0) is 32.0. The summed E-state index contributed by atoms with van der Waals surface area (Å²) in [7, 11) is 0. The minimum absolute atomic E-state index is 0.0978. The SMILES string of the molecule is CCC1CCC(C2CC=C(c3cnc(-c4ccc(CN(CC(=O)OC(C)(C)C)C(=O)c5cnc(N)cn5)cc4)nc3)CC2)CC1. The van der Waals surface area contributed by atoms with Gasteiger partial charge in [0.25, 0.3) is 5.91 Å². The van der Waals surface area contributed by atoms with Crippen LogP contribution >= 0.6 is 0 Å². The van der Waals surface area contributed by atoms with Gasteiger partial charge in [-0.25, -0.2) is 19.9 Å². The summed E-state index contributed by atoms with van der Waals surface area (Å²) in [6, 6.07) is 7.69. The summed E-state index contributed by atoms with van der Waals surface area (Å²) in [6.07, 6.45) is 19.4. The van der Waals surface area contributed by atoms with E-state index in [1.54, 1.807) is 20.8 Å². The Morgan fingerprint density at radius 2 is 1.60 bits per heavy atom. The van der Waals surface area contributed by atoms with Crippen LogP contribution < -0.4 is 5.73 Å². The average molecular weight is 611 g/mol. The molecule has 1 unspecified atom stereocenters. The van der Waals surface area contributed by atoms with Crippen molar-refractivity contribution in [3.8, 4) is 11.4 Å². The van der Waals surface area contributed by atoms with Crippen molar-refractivity contribution in [3.63, 3.8) is 0 Å². The lowest BCUT2D eigenvalue weighted by atomic mass is 9.71. The molecule has 2 aliphatic rings.